The zero-order valence-corrected chi connectivity index (χ0v) is 14.5. The SMILES string of the molecule is CC(=O)N1CCC(NS(=O)(=O)c2ccc3c(c2)OCCCO3)CC1. The van der Waals surface area contributed by atoms with Gasteiger partial charge in [0.05, 0.1) is 18.1 Å². The van der Waals surface area contributed by atoms with Gasteiger partial charge in [-0.2, -0.15) is 0 Å². The maximum atomic E-state index is 12.6. The highest BCUT2D eigenvalue weighted by Gasteiger charge is 2.26. The molecule has 1 aromatic carbocycles. The Kier molecular flexibility index (Phi) is 4.96. The first-order chi connectivity index (χ1) is 11.5. The average molecular weight is 354 g/mol. The molecule has 1 fully saturated rings. The molecule has 132 valence electrons. The van der Waals surface area contributed by atoms with Gasteiger partial charge in [-0.3, -0.25) is 4.79 Å². The van der Waals surface area contributed by atoms with E-state index >= 15 is 0 Å². The molecule has 0 saturated carbocycles. The van der Waals surface area contributed by atoms with Crippen LogP contribution in [-0.4, -0.2) is 51.6 Å². The molecule has 2 aliphatic rings. The quantitative estimate of drug-likeness (QED) is 0.880. The molecule has 0 spiro atoms. The number of benzene rings is 1. The topological polar surface area (TPSA) is 84.9 Å². The highest BCUT2D eigenvalue weighted by atomic mass is 32.2. The first-order valence-electron chi connectivity index (χ1n) is 8.13. The van der Waals surface area contributed by atoms with E-state index in [9.17, 15) is 13.2 Å². The number of rotatable bonds is 3. The van der Waals surface area contributed by atoms with E-state index in [0.29, 0.717) is 50.6 Å². The summed E-state index contributed by atoms with van der Waals surface area (Å²) in [5.74, 6) is 1.06. The molecule has 3 rings (SSSR count). The van der Waals surface area contributed by atoms with Crippen LogP contribution in [0.15, 0.2) is 23.1 Å². The van der Waals surface area contributed by atoms with Crippen LogP contribution in [0.5, 0.6) is 11.5 Å². The van der Waals surface area contributed by atoms with Gasteiger partial charge >= 0.3 is 0 Å². The summed E-state index contributed by atoms with van der Waals surface area (Å²) in [6, 6.07) is 4.50. The summed E-state index contributed by atoms with van der Waals surface area (Å²) in [6.07, 6.45) is 2.00. The molecule has 0 radical (unpaired) electrons. The van der Waals surface area contributed by atoms with E-state index in [1.165, 1.54) is 19.1 Å². The first kappa shape index (κ1) is 17.0. The van der Waals surface area contributed by atoms with Crippen LogP contribution >= 0.6 is 0 Å². The number of carbonyl (C=O) groups is 1. The van der Waals surface area contributed by atoms with Gasteiger partial charge in [0.1, 0.15) is 0 Å². The summed E-state index contributed by atoms with van der Waals surface area (Å²) in [5.41, 5.74) is 0. The molecule has 0 unspecified atom stereocenters. The molecule has 0 bridgehead atoms. The standard InChI is InChI=1S/C16H22N2O5S/c1-12(19)18-7-5-13(6-8-18)17-24(20,21)14-3-4-15-16(11-14)23-10-2-9-22-15/h3-4,11,13,17H,2,5-10H2,1H3. The van der Waals surface area contributed by atoms with E-state index in [1.54, 1.807) is 11.0 Å². The van der Waals surface area contributed by atoms with Crippen LogP contribution in [-0.2, 0) is 14.8 Å². The van der Waals surface area contributed by atoms with Gasteiger partial charge < -0.3 is 14.4 Å². The van der Waals surface area contributed by atoms with Crippen LogP contribution in [0.25, 0.3) is 0 Å². The summed E-state index contributed by atoms with van der Waals surface area (Å²) >= 11 is 0. The monoisotopic (exact) mass is 354 g/mol. The van der Waals surface area contributed by atoms with Gasteiger partial charge in [-0.1, -0.05) is 0 Å². The zero-order chi connectivity index (χ0) is 17.2. The number of ether oxygens (including phenoxy) is 2. The number of hydrogen-bond donors (Lipinski definition) is 1. The molecule has 2 heterocycles. The van der Waals surface area contributed by atoms with Crippen molar-refractivity contribution in [1.82, 2.24) is 9.62 Å². The second-order valence-electron chi connectivity index (χ2n) is 6.06. The fraction of sp³-hybridized carbons (Fsp3) is 0.562. The minimum atomic E-state index is -3.63. The second kappa shape index (κ2) is 6.98. The van der Waals surface area contributed by atoms with Crippen molar-refractivity contribution >= 4 is 15.9 Å². The van der Waals surface area contributed by atoms with Crippen molar-refractivity contribution < 1.29 is 22.7 Å². The van der Waals surface area contributed by atoms with Crippen LogP contribution in [0.3, 0.4) is 0 Å². The number of piperidine rings is 1. The van der Waals surface area contributed by atoms with Gasteiger partial charge in [0.25, 0.3) is 0 Å². The van der Waals surface area contributed by atoms with E-state index in [0.717, 1.165) is 6.42 Å². The molecule has 0 aliphatic carbocycles. The molecule has 0 aromatic heterocycles. The van der Waals surface area contributed by atoms with E-state index in [2.05, 4.69) is 4.72 Å². The Morgan fingerprint density at radius 2 is 1.83 bits per heavy atom. The number of nitrogens with zero attached hydrogens (tertiary/aromatic N) is 1. The van der Waals surface area contributed by atoms with E-state index in [4.69, 9.17) is 9.47 Å². The van der Waals surface area contributed by atoms with Gasteiger partial charge in [-0.15, -0.1) is 0 Å². The van der Waals surface area contributed by atoms with Crippen LogP contribution < -0.4 is 14.2 Å². The molecule has 0 atom stereocenters. The first-order valence-corrected chi connectivity index (χ1v) is 9.61. The maximum Gasteiger partial charge on any atom is 0.240 e. The zero-order valence-electron chi connectivity index (χ0n) is 13.7. The molecule has 1 N–H and O–H groups in total. The highest BCUT2D eigenvalue weighted by Crippen LogP contribution is 2.32. The Morgan fingerprint density at radius 1 is 1.17 bits per heavy atom. The Balaban J connectivity index is 1.70. The summed E-state index contributed by atoms with van der Waals surface area (Å²) in [4.78, 5) is 13.2. The lowest BCUT2D eigenvalue weighted by molar-refractivity contribution is -0.129. The van der Waals surface area contributed by atoms with Crippen molar-refractivity contribution in [3.63, 3.8) is 0 Å². The summed E-state index contributed by atoms with van der Waals surface area (Å²) in [6.45, 7) is 3.75. The normalized spacial score (nSPS) is 19.0. The smallest absolute Gasteiger partial charge is 0.240 e. The number of fused-ring (bicyclic) bond motifs is 1. The van der Waals surface area contributed by atoms with E-state index < -0.39 is 10.0 Å². The molecule has 1 amide bonds. The number of hydrogen-bond acceptors (Lipinski definition) is 5. The third kappa shape index (κ3) is 3.81. The van der Waals surface area contributed by atoms with Crippen molar-refractivity contribution in [3.8, 4) is 11.5 Å². The predicted octanol–water partition coefficient (Wildman–Crippen LogP) is 1.14. The van der Waals surface area contributed by atoms with Crippen molar-refractivity contribution in [2.45, 2.75) is 37.1 Å². The van der Waals surface area contributed by atoms with Crippen molar-refractivity contribution in [2.75, 3.05) is 26.3 Å². The molecule has 1 aromatic rings. The largest absolute Gasteiger partial charge is 0.490 e. The molecule has 8 heteroatoms. The lowest BCUT2D eigenvalue weighted by atomic mass is 10.1. The Hall–Kier alpha value is -1.80. The number of likely N-dealkylation sites (tertiary alicyclic amines) is 1. The molecular formula is C16H22N2O5S. The molecule has 2 aliphatic heterocycles. The van der Waals surface area contributed by atoms with Crippen LogP contribution in [0.1, 0.15) is 26.2 Å². The van der Waals surface area contributed by atoms with Gasteiger partial charge in [0, 0.05) is 38.5 Å². The van der Waals surface area contributed by atoms with Crippen molar-refractivity contribution in [1.29, 1.82) is 0 Å². The lowest BCUT2D eigenvalue weighted by Gasteiger charge is -2.31. The summed E-state index contributed by atoms with van der Waals surface area (Å²) in [5, 5.41) is 0. The second-order valence-corrected chi connectivity index (χ2v) is 7.77. The number of nitrogens with one attached hydrogen (secondary N) is 1. The Morgan fingerprint density at radius 3 is 2.50 bits per heavy atom. The van der Waals surface area contributed by atoms with Crippen molar-refractivity contribution in [3.05, 3.63) is 18.2 Å². The van der Waals surface area contributed by atoms with E-state index in [-0.39, 0.29) is 16.8 Å². The molecule has 24 heavy (non-hydrogen) atoms. The van der Waals surface area contributed by atoms with Gasteiger partial charge in [0.2, 0.25) is 15.9 Å². The van der Waals surface area contributed by atoms with E-state index in [1.807, 2.05) is 0 Å². The van der Waals surface area contributed by atoms with Gasteiger partial charge in [-0.25, -0.2) is 13.1 Å². The minimum absolute atomic E-state index is 0.0270. The third-order valence-corrected chi connectivity index (χ3v) is 5.81. The number of carbonyl (C=O) groups excluding carboxylic acids is 1. The Labute approximate surface area is 142 Å². The molecule has 1 saturated heterocycles. The van der Waals surface area contributed by atoms with Crippen LogP contribution in [0.4, 0.5) is 0 Å². The van der Waals surface area contributed by atoms with Gasteiger partial charge in [0.15, 0.2) is 11.5 Å². The Bertz CT molecular complexity index is 711. The third-order valence-electron chi connectivity index (χ3n) is 4.29. The molecule has 7 nitrogen and oxygen atoms in total. The number of amides is 1. The minimum Gasteiger partial charge on any atom is -0.490 e. The van der Waals surface area contributed by atoms with Crippen molar-refractivity contribution in [2.24, 2.45) is 0 Å². The predicted molar refractivity (Wildman–Crippen MR) is 87.6 cm³/mol. The average Bonchev–Trinajstić information content (AvgIpc) is 2.79. The number of sulfonamides is 1. The van der Waals surface area contributed by atoms with Gasteiger partial charge in [-0.05, 0) is 25.0 Å². The lowest BCUT2D eigenvalue weighted by Crippen LogP contribution is -2.45. The summed E-state index contributed by atoms with van der Waals surface area (Å²) < 4.78 is 39.0. The fourth-order valence-electron chi connectivity index (χ4n) is 2.91. The van der Waals surface area contributed by atoms with Crippen LogP contribution in [0.2, 0.25) is 0 Å². The maximum absolute atomic E-state index is 12.6. The summed E-state index contributed by atoms with van der Waals surface area (Å²) in [7, 11) is -3.63. The highest BCUT2D eigenvalue weighted by molar-refractivity contribution is 7.89. The van der Waals surface area contributed by atoms with Crippen LogP contribution in [0, 0.1) is 0 Å². The fourth-order valence-corrected chi connectivity index (χ4v) is 4.23. The molecular weight excluding hydrogens is 332 g/mol.